The number of benzene rings is 1. The van der Waals surface area contributed by atoms with E-state index in [1.807, 2.05) is 0 Å². The van der Waals surface area contributed by atoms with Gasteiger partial charge in [0.1, 0.15) is 17.3 Å². The van der Waals surface area contributed by atoms with Crippen LogP contribution in [0.15, 0.2) is 34.2 Å². The van der Waals surface area contributed by atoms with Gasteiger partial charge in [-0.3, -0.25) is 19.7 Å². The van der Waals surface area contributed by atoms with Crippen LogP contribution < -0.4 is 16.6 Å². The van der Waals surface area contributed by atoms with Gasteiger partial charge < -0.3 is 16.0 Å². The van der Waals surface area contributed by atoms with Crippen molar-refractivity contribution in [1.82, 2.24) is 9.97 Å². The number of aromatic amines is 1. The predicted molar refractivity (Wildman–Crippen MR) is 81.7 cm³/mol. The Kier molecular flexibility index (Phi) is 4.91. The van der Waals surface area contributed by atoms with Crippen LogP contribution in [0.1, 0.15) is 0 Å². The molecular weight excluding hydrogens is 329 g/mol. The lowest BCUT2D eigenvalue weighted by molar-refractivity contribution is -0.384. The summed E-state index contributed by atoms with van der Waals surface area (Å²) in [6, 6.07) is 3.88. The van der Waals surface area contributed by atoms with Crippen molar-refractivity contribution in [3.8, 4) is 0 Å². The molecule has 11 heteroatoms. The Balaban J connectivity index is 2.05. The van der Waals surface area contributed by atoms with Crippen LogP contribution >= 0.6 is 11.8 Å². The number of nitro benzene ring substituents is 1. The average Bonchev–Trinajstić information content (AvgIpc) is 2.46. The second-order valence-corrected chi connectivity index (χ2v) is 5.19. The fourth-order valence-corrected chi connectivity index (χ4v) is 2.29. The predicted octanol–water partition coefficient (Wildman–Crippen LogP) is 1.13. The number of anilines is 2. The molecule has 1 aromatic carbocycles. The fraction of sp³-hybridized carbons (Fsp3) is 0.0833. The zero-order valence-electron chi connectivity index (χ0n) is 11.4. The Labute approximate surface area is 132 Å². The van der Waals surface area contributed by atoms with E-state index in [4.69, 9.17) is 5.73 Å². The number of amides is 1. The molecule has 0 fully saturated rings. The number of halogens is 1. The van der Waals surface area contributed by atoms with E-state index in [-0.39, 0.29) is 22.4 Å². The summed E-state index contributed by atoms with van der Waals surface area (Å²) in [7, 11) is 0. The summed E-state index contributed by atoms with van der Waals surface area (Å²) in [5.41, 5.74) is 4.25. The van der Waals surface area contributed by atoms with Crippen molar-refractivity contribution < 1.29 is 14.1 Å². The Bertz CT molecular complexity index is 825. The largest absolute Gasteiger partial charge is 0.383 e. The standard InChI is InChI=1S/C12H10FN5O4S/c13-6-1-2-7(8(3-6)18(21)22)15-11(20)5-23-12-16-9(14)4-10(19)17-12/h1-4H,5H2,(H,15,20)(H3,14,16,17,19). The molecule has 0 radical (unpaired) electrons. The third-order valence-electron chi connectivity index (χ3n) is 2.51. The number of nitrogen functional groups attached to an aromatic ring is 1. The Morgan fingerprint density at radius 1 is 1.48 bits per heavy atom. The Hall–Kier alpha value is -2.95. The Morgan fingerprint density at radius 3 is 2.87 bits per heavy atom. The first-order chi connectivity index (χ1) is 10.8. The fourth-order valence-electron chi connectivity index (χ4n) is 1.60. The van der Waals surface area contributed by atoms with E-state index in [0.29, 0.717) is 6.07 Å². The molecule has 0 bridgehead atoms. The molecule has 0 saturated carbocycles. The van der Waals surface area contributed by atoms with Gasteiger partial charge in [0, 0.05) is 6.07 Å². The maximum absolute atomic E-state index is 13.0. The number of carbonyl (C=O) groups is 1. The number of nitro groups is 1. The van der Waals surface area contributed by atoms with Gasteiger partial charge in [0.05, 0.1) is 16.7 Å². The van der Waals surface area contributed by atoms with Gasteiger partial charge in [0.2, 0.25) is 5.91 Å². The number of hydrogen-bond donors (Lipinski definition) is 3. The van der Waals surface area contributed by atoms with Gasteiger partial charge in [-0.05, 0) is 12.1 Å². The van der Waals surface area contributed by atoms with E-state index in [9.17, 15) is 24.1 Å². The van der Waals surface area contributed by atoms with Gasteiger partial charge >= 0.3 is 0 Å². The highest BCUT2D eigenvalue weighted by molar-refractivity contribution is 7.99. The third kappa shape index (κ3) is 4.51. The van der Waals surface area contributed by atoms with E-state index in [1.54, 1.807) is 0 Å². The summed E-state index contributed by atoms with van der Waals surface area (Å²) in [4.78, 5) is 39.2. The lowest BCUT2D eigenvalue weighted by Crippen LogP contribution is -2.16. The number of nitrogens with zero attached hydrogens (tertiary/aromatic N) is 2. The van der Waals surface area contributed by atoms with E-state index in [2.05, 4.69) is 15.3 Å². The molecule has 0 aliphatic carbocycles. The van der Waals surface area contributed by atoms with E-state index in [0.717, 1.165) is 30.0 Å². The summed E-state index contributed by atoms with van der Waals surface area (Å²) in [6.45, 7) is 0. The molecule has 0 aliphatic heterocycles. The molecule has 1 aromatic heterocycles. The molecule has 0 unspecified atom stereocenters. The molecule has 0 atom stereocenters. The molecule has 0 spiro atoms. The summed E-state index contributed by atoms with van der Waals surface area (Å²) in [5.74, 6) is -1.55. The zero-order chi connectivity index (χ0) is 17.0. The summed E-state index contributed by atoms with van der Waals surface area (Å²) >= 11 is 0.891. The molecule has 0 saturated heterocycles. The van der Waals surface area contributed by atoms with Crippen molar-refractivity contribution in [1.29, 1.82) is 0 Å². The van der Waals surface area contributed by atoms with Crippen molar-refractivity contribution in [3.63, 3.8) is 0 Å². The molecule has 0 aliphatic rings. The summed E-state index contributed by atoms with van der Waals surface area (Å²) in [5, 5.41) is 13.3. The first kappa shape index (κ1) is 16.4. The molecule has 1 heterocycles. The number of carbonyl (C=O) groups excluding carboxylic acids is 1. The van der Waals surface area contributed by atoms with Crippen molar-refractivity contribution in [2.24, 2.45) is 0 Å². The van der Waals surface area contributed by atoms with Crippen LogP contribution in [0.4, 0.5) is 21.6 Å². The summed E-state index contributed by atoms with van der Waals surface area (Å²) < 4.78 is 13.0. The smallest absolute Gasteiger partial charge is 0.295 e. The van der Waals surface area contributed by atoms with E-state index in [1.165, 1.54) is 0 Å². The molecule has 1 amide bonds. The SMILES string of the molecule is Nc1cc(=O)[nH]c(SCC(=O)Nc2ccc(F)cc2[N+](=O)[O-])n1. The van der Waals surface area contributed by atoms with Crippen molar-refractivity contribution in [2.45, 2.75) is 5.16 Å². The number of aromatic nitrogens is 2. The monoisotopic (exact) mass is 339 g/mol. The van der Waals surface area contributed by atoms with Gasteiger partial charge in [-0.25, -0.2) is 9.37 Å². The minimum absolute atomic E-state index is 0.00540. The lowest BCUT2D eigenvalue weighted by Gasteiger charge is -2.06. The first-order valence-corrected chi connectivity index (χ1v) is 7.07. The second-order valence-electron chi connectivity index (χ2n) is 4.23. The molecular formula is C12H10FN5O4S. The number of H-pyrrole nitrogens is 1. The number of nitrogens with two attached hydrogens (primary N) is 1. The van der Waals surface area contributed by atoms with Gasteiger partial charge in [0.15, 0.2) is 5.16 Å². The molecule has 23 heavy (non-hydrogen) atoms. The Morgan fingerprint density at radius 2 is 2.22 bits per heavy atom. The van der Waals surface area contributed by atoms with Crippen molar-refractivity contribution >= 4 is 34.9 Å². The number of rotatable bonds is 5. The first-order valence-electron chi connectivity index (χ1n) is 6.08. The highest BCUT2D eigenvalue weighted by atomic mass is 32.2. The quantitative estimate of drug-likeness (QED) is 0.320. The minimum Gasteiger partial charge on any atom is -0.383 e. The van der Waals surface area contributed by atoms with Gasteiger partial charge in [-0.15, -0.1) is 0 Å². The normalized spacial score (nSPS) is 10.3. The van der Waals surface area contributed by atoms with Crippen molar-refractivity contribution in [3.05, 3.63) is 50.6 Å². The summed E-state index contributed by atoms with van der Waals surface area (Å²) in [6.07, 6.45) is 0. The van der Waals surface area contributed by atoms with Crippen LogP contribution in [0.5, 0.6) is 0 Å². The van der Waals surface area contributed by atoms with Gasteiger partial charge in [0.25, 0.3) is 11.2 Å². The van der Waals surface area contributed by atoms with Crippen molar-refractivity contribution in [2.75, 3.05) is 16.8 Å². The maximum Gasteiger partial charge on any atom is 0.295 e. The number of thioether (sulfide) groups is 1. The van der Waals surface area contributed by atoms with Crippen LogP contribution in [0, 0.1) is 15.9 Å². The molecule has 2 aromatic rings. The maximum atomic E-state index is 13.0. The molecule has 120 valence electrons. The van der Waals surface area contributed by atoms with Crippen LogP contribution in [0.25, 0.3) is 0 Å². The highest BCUT2D eigenvalue weighted by Gasteiger charge is 2.17. The zero-order valence-corrected chi connectivity index (χ0v) is 12.2. The number of hydrogen-bond acceptors (Lipinski definition) is 7. The van der Waals surface area contributed by atoms with Gasteiger partial charge in [-0.2, -0.15) is 0 Å². The van der Waals surface area contributed by atoms with Crippen LogP contribution in [-0.4, -0.2) is 26.6 Å². The highest BCUT2D eigenvalue weighted by Crippen LogP contribution is 2.25. The van der Waals surface area contributed by atoms with Crippen LogP contribution in [0.2, 0.25) is 0 Å². The van der Waals surface area contributed by atoms with Crippen LogP contribution in [0.3, 0.4) is 0 Å². The topological polar surface area (TPSA) is 144 Å². The third-order valence-corrected chi connectivity index (χ3v) is 3.38. The average molecular weight is 339 g/mol. The second kappa shape index (κ2) is 6.87. The molecule has 4 N–H and O–H groups in total. The van der Waals surface area contributed by atoms with E-state index >= 15 is 0 Å². The van der Waals surface area contributed by atoms with Gasteiger partial charge in [-0.1, -0.05) is 11.8 Å². The lowest BCUT2D eigenvalue weighted by atomic mass is 10.2. The minimum atomic E-state index is -0.803. The molecule has 2 rings (SSSR count). The van der Waals surface area contributed by atoms with E-state index < -0.39 is 27.9 Å². The molecule has 9 nitrogen and oxygen atoms in total. The number of nitrogens with one attached hydrogen (secondary N) is 2. The van der Waals surface area contributed by atoms with Crippen LogP contribution in [-0.2, 0) is 4.79 Å².